The molecule has 0 aliphatic rings. The molecule has 0 aliphatic carbocycles. The summed E-state index contributed by atoms with van der Waals surface area (Å²) in [5, 5.41) is 3.12. The average Bonchev–Trinajstić information content (AvgIpc) is 2.39. The van der Waals surface area contributed by atoms with Crippen molar-refractivity contribution in [2.24, 2.45) is 0 Å². The van der Waals surface area contributed by atoms with Crippen LogP contribution in [0.25, 0.3) is 0 Å². The molecule has 0 spiro atoms. The normalized spacial score (nSPS) is 11.1. The summed E-state index contributed by atoms with van der Waals surface area (Å²) in [6.07, 6.45) is 0.717. The van der Waals surface area contributed by atoms with Crippen molar-refractivity contribution in [1.29, 1.82) is 0 Å². The molecule has 19 heavy (non-hydrogen) atoms. The number of hydrogen-bond donors (Lipinski definition) is 1. The van der Waals surface area contributed by atoms with Crippen LogP contribution >= 0.6 is 22.6 Å². The fourth-order valence-electron chi connectivity index (χ4n) is 1.58. The molecular formula is C13H22IN3O2. The van der Waals surface area contributed by atoms with Gasteiger partial charge in [0.2, 0.25) is 0 Å². The van der Waals surface area contributed by atoms with E-state index in [1.165, 1.54) is 0 Å². The fourth-order valence-corrected chi connectivity index (χ4v) is 2.71. The summed E-state index contributed by atoms with van der Waals surface area (Å²) in [6, 6.07) is 0. The Morgan fingerprint density at radius 3 is 2.53 bits per heavy atom. The first-order chi connectivity index (χ1) is 9.10. The largest absolute Gasteiger partial charge is 0.382 e. The Morgan fingerprint density at radius 1 is 1.21 bits per heavy atom. The van der Waals surface area contributed by atoms with E-state index in [0.717, 1.165) is 27.3 Å². The Balaban J connectivity index is 2.70. The Labute approximate surface area is 128 Å². The number of rotatable bonds is 8. The lowest BCUT2D eigenvalue weighted by atomic mass is 10.1. The molecule has 0 aromatic carbocycles. The standard InChI is InChI=1S/C13H22IN3O2/c1-9(2)12-11(14)13(15-3)17-10(16-12)5-6-19-8-7-18-4/h9H,5-8H2,1-4H3,(H,15,16,17). The van der Waals surface area contributed by atoms with Crippen molar-refractivity contribution in [2.75, 3.05) is 39.3 Å². The van der Waals surface area contributed by atoms with E-state index in [0.29, 0.717) is 25.7 Å². The molecule has 0 saturated heterocycles. The number of methoxy groups -OCH3 is 1. The minimum atomic E-state index is 0.384. The number of nitrogens with zero attached hydrogens (tertiary/aromatic N) is 2. The van der Waals surface area contributed by atoms with Crippen LogP contribution in [-0.4, -0.2) is 43.9 Å². The summed E-state index contributed by atoms with van der Waals surface area (Å²) >= 11 is 2.29. The van der Waals surface area contributed by atoms with Gasteiger partial charge in [-0.2, -0.15) is 0 Å². The lowest BCUT2D eigenvalue weighted by Gasteiger charge is -2.13. The van der Waals surface area contributed by atoms with E-state index in [-0.39, 0.29) is 0 Å². The van der Waals surface area contributed by atoms with Crippen molar-refractivity contribution in [2.45, 2.75) is 26.2 Å². The minimum Gasteiger partial charge on any atom is -0.382 e. The number of anilines is 1. The number of halogens is 1. The number of aromatic nitrogens is 2. The van der Waals surface area contributed by atoms with Gasteiger partial charge in [0.25, 0.3) is 0 Å². The van der Waals surface area contributed by atoms with Crippen LogP contribution in [0.1, 0.15) is 31.3 Å². The zero-order valence-corrected chi connectivity index (χ0v) is 14.2. The molecule has 0 unspecified atom stereocenters. The molecule has 6 heteroatoms. The summed E-state index contributed by atoms with van der Waals surface area (Å²) < 4.78 is 11.5. The molecule has 1 heterocycles. The first-order valence-electron chi connectivity index (χ1n) is 6.40. The molecule has 0 bridgehead atoms. The van der Waals surface area contributed by atoms with Gasteiger partial charge >= 0.3 is 0 Å². The van der Waals surface area contributed by atoms with Gasteiger partial charge in [-0.1, -0.05) is 13.8 Å². The average molecular weight is 379 g/mol. The van der Waals surface area contributed by atoms with E-state index in [1.54, 1.807) is 7.11 Å². The van der Waals surface area contributed by atoms with Crippen LogP contribution in [0.2, 0.25) is 0 Å². The SMILES string of the molecule is CNc1nc(CCOCCOC)nc(C(C)C)c1I. The zero-order chi connectivity index (χ0) is 14.3. The van der Waals surface area contributed by atoms with Crippen molar-refractivity contribution in [3.63, 3.8) is 0 Å². The van der Waals surface area contributed by atoms with E-state index in [2.05, 4.69) is 51.7 Å². The summed E-state index contributed by atoms with van der Waals surface area (Å²) in [6.45, 7) is 6.12. The Morgan fingerprint density at radius 2 is 1.95 bits per heavy atom. The monoisotopic (exact) mass is 379 g/mol. The third-order valence-corrected chi connectivity index (χ3v) is 3.67. The van der Waals surface area contributed by atoms with Crippen molar-refractivity contribution in [1.82, 2.24) is 9.97 Å². The Bertz CT molecular complexity index is 400. The molecule has 0 radical (unpaired) electrons. The predicted octanol–water partition coefficient (Wildman–Crippen LogP) is 2.45. The second-order valence-electron chi connectivity index (χ2n) is 4.45. The van der Waals surface area contributed by atoms with Gasteiger partial charge in [-0.15, -0.1) is 0 Å². The molecule has 0 fully saturated rings. The first kappa shape index (κ1) is 16.6. The highest BCUT2D eigenvalue weighted by Gasteiger charge is 2.13. The molecule has 1 N–H and O–H groups in total. The van der Waals surface area contributed by atoms with Crippen LogP contribution in [0, 0.1) is 3.57 Å². The van der Waals surface area contributed by atoms with Gasteiger partial charge in [-0.25, -0.2) is 9.97 Å². The van der Waals surface area contributed by atoms with Crippen molar-refractivity contribution in [3.8, 4) is 0 Å². The summed E-state index contributed by atoms with van der Waals surface area (Å²) in [4.78, 5) is 9.14. The highest BCUT2D eigenvalue weighted by Crippen LogP contribution is 2.24. The molecule has 1 aromatic heterocycles. The summed E-state index contributed by atoms with van der Waals surface area (Å²) in [7, 11) is 3.55. The van der Waals surface area contributed by atoms with Crippen LogP contribution in [0.4, 0.5) is 5.82 Å². The van der Waals surface area contributed by atoms with Gasteiger partial charge in [0.15, 0.2) is 0 Å². The summed E-state index contributed by atoms with van der Waals surface area (Å²) in [5.74, 6) is 2.10. The highest BCUT2D eigenvalue weighted by molar-refractivity contribution is 14.1. The van der Waals surface area contributed by atoms with E-state index < -0.39 is 0 Å². The molecule has 0 atom stereocenters. The van der Waals surface area contributed by atoms with E-state index in [9.17, 15) is 0 Å². The maximum atomic E-state index is 5.45. The third kappa shape index (κ3) is 5.19. The highest BCUT2D eigenvalue weighted by atomic mass is 127. The zero-order valence-electron chi connectivity index (χ0n) is 12.0. The molecule has 108 valence electrons. The maximum absolute atomic E-state index is 5.45. The minimum absolute atomic E-state index is 0.384. The molecule has 0 saturated carbocycles. The number of ether oxygens (including phenoxy) is 2. The number of nitrogens with one attached hydrogen (secondary N) is 1. The van der Waals surface area contributed by atoms with Crippen LogP contribution in [-0.2, 0) is 15.9 Å². The van der Waals surface area contributed by atoms with E-state index in [4.69, 9.17) is 9.47 Å². The van der Waals surface area contributed by atoms with Gasteiger partial charge in [0.1, 0.15) is 11.6 Å². The first-order valence-corrected chi connectivity index (χ1v) is 7.48. The van der Waals surface area contributed by atoms with Crippen molar-refractivity contribution in [3.05, 3.63) is 15.1 Å². The molecule has 5 nitrogen and oxygen atoms in total. The molecule has 1 rings (SSSR count). The fraction of sp³-hybridized carbons (Fsp3) is 0.692. The lowest BCUT2D eigenvalue weighted by molar-refractivity contribution is 0.0716. The van der Waals surface area contributed by atoms with Crippen LogP contribution in [0.15, 0.2) is 0 Å². The third-order valence-electron chi connectivity index (χ3n) is 2.61. The van der Waals surface area contributed by atoms with Crippen LogP contribution < -0.4 is 5.32 Å². The lowest BCUT2D eigenvalue weighted by Crippen LogP contribution is -2.12. The van der Waals surface area contributed by atoms with Crippen molar-refractivity contribution < 1.29 is 9.47 Å². The molecule has 0 aliphatic heterocycles. The van der Waals surface area contributed by atoms with Gasteiger partial charge in [0.05, 0.1) is 29.1 Å². The summed E-state index contributed by atoms with van der Waals surface area (Å²) in [5.41, 5.74) is 1.09. The van der Waals surface area contributed by atoms with Crippen LogP contribution in [0.3, 0.4) is 0 Å². The van der Waals surface area contributed by atoms with E-state index in [1.807, 2.05) is 7.05 Å². The van der Waals surface area contributed by atoms with Gasteiger partial charge in [-0.3, -0.25) is 0 Å². The second-order valence-corrected chi connectivity index (χ2v) is 5.53. The predicted molar refractivity (Wildman–Crippen MR) is 84.8 cm³/mol. The van der Waals surface area contributed by atoms with Gasteiger partial charge < -0.3 is 14.8 Å². The van der Waals surface area contributed by atoms with E-state index >= 15 is 0 Å². The van der Waals surface area contributed by atoms with Crippen molar-refractivity contribution >= 4 is 28.4 Å². The van der Waals surface area contributed by atoms with Gasteiger partial charge in [0, 0.05) is 20.6 Å². The molecular weight excluding hydrogens is 357 g/mol. The number of hydrogen-bond acceptors (Lipinski definition) is 5. The topological polar surface area (TPSA) is 56.3 Å². The Kier molecular flexibility index (Phi) is 7.55. The van der Waals surface area contributed by atoms with Crippen LogP contribution in [0.5, 0.6) is 0 Å². The maximum Gasteiger partial charge on any atom is 0.143 e. The molecule has 0 amide bonds. The smallest absolute Gasteiger partial charge is 0.143 e. The molecule has 1 aromatic rings. The van der Waals surface area contributed by atoms with Gasteiger partial charge in [-0.05, 0) is 28.5 Å². The Hall–Kier alpha value is -0.470. The second kappa shape index (κ2) is 8.65. The quantitative estimate of drug-likeness (QED) is 0.556.